The van der Waals surface area contributed by atoms with Gasteiger partial charge in [0.25, 0.3) is 0 Å². The van der Waals surface area contributed by atoms with Gasteiger partial charge in [-0.05, 0) is 43.5 Å². The van der Waals surface area contributed by atoms with Gasteiger partial charge < -0.3 is 5.32 Å². The second-order valence-corrected chi connectivity index (χ2v) is 4.50. The van der Waals surface area contributed by atoms with Gasteiger partial charge in [0.15, 0.2) is 0 Å². The zero-order valence-corrected chi connectivity index (χ0v) is 12.6. The fourth-order valence-corrected chi connectivity index (χ4v) is 1.89. The van der Waals surface area contributed by atoms with Crippen LogP contribution in [0.1, 0.15) is 33.3 Å². The van der Waals surface area contributed by atoms with Gasteiger partial charge in [0.2, 0.25) is 0 Å². The Kier molecular flexibility index (Phi) is 6.07. The first-order chi connectivity index (χ1) is 9.18. The van der Waals surface area contributed by atoms with Crippen LogP contribution in [0.5, 0.6) is 0 Å². The highest BCUT2D eigenvalue weighted by Crippen LogP contribution is 2.26. The Balaban J connectivity index is 0.000000861. The Bertz CT molecular complexity index is 490. The van der Waals surface area contributed by atoms with Crippen molar-refractivity contribution < 1.29 is 0 Å². The molecule has 0 spiro atoms. The third-order valence-corrected chi connectivity index (χ3v) is 2.71. The summed E-state index contributed by atoms with van der Waals surface area (Å²) < 4.78 is 0. The van der Waals surface area contributed by atoms with Crippen LogP contribution < -0.4 is 5.32 Å². The normalized spacial score (nSPS) is 9.79. The van der Waals surface area contributed by atoms with E-state index in [1.807, 2.05) is 26.1 Å². The fourth-order valence-electron chi connectivity index (χ4n) is 1.89. The van der Waals surface area contributed by atoms with Gasteiger partial charge in [-0.3, -0.25) is 0 Å². The van der Waals surface area contributed by atoms with E-state index in [4.69, 9.17) is 0 Å². The second-order valence-electron chi connectivity index (χ2n) is 4.50. The van der Waals surface area contributed by atoms with Crippen LogP contribution in [0.3, 0.4) is 0 Å². The number of aromatic nitrogens is 1. The van der Waals surface area contributed by atoms with Crippen molar-refractivity contribution >= 4 is 5.82 Å². The summed E-state index contributed by atoms with van der Waals surface area (Å²) in [5, 5.41) is 3.37. The van der Waals surface area contributed by atoms with Crippen LogP contribution in [-0.4, -0.2) is 11.0 Å². The summed E-state index contributed by atoms with van der Waals surface area (Å²) in [5.74, 6) is 0.973. The number of rotatable bonds is 3. The highest BCUT2D eigenvalue weighted by atomic mass is 15.0. The van der Waals surface area contributed by atoms with Gasteiger partial charge in [-0.2, -0.15) is 0 Å². The average Bonchev–Trinajstić information content (AvgIpc) is 2.44. The number of pyridine rings is 1. The third-order valence-electron chi connectivity index (χ3n) is 2.71. The van der Waals surface area contributed by atoms with Gasteiger partial charge in [0, 0.05) is 12.2 Å². The standard InChI is InChI=1S/C15H18N2.C2H6/c1-11(2)17-15-12(3)14(9-10-16-15)13-7-5-4-6-8-13;1-2/h4-11H,1-3H3,(H,16,17);1-2H3. The molecular formula is C17H24N2. The molecule has 2 nitrogen and oxygen atoms in total. The van der Waals surface area contributed by atoms with Gasteiger partial charge in [-0.25, -0.2) is 4.98 Å². The SMILES string of the molecule is CC.Cc1c(-c2ccccc2)ccnc1NC(C)C. The Morgan fingerprint density at radius 2 is 1.63 bits per heavy atom. The van der Waals surface area contributed by atoms with Crippen molar-refractivity contribution in [1.82, 2.24) is 4.98 Å². The molecule has 0 saturated heterocycles. The molecule has 2 aromatic rings. The van der Waals surface area contributed by atoms with Gasteiger partial charge in [-0.1, -0.05) is 44.2 Å². The molecule has 1 N–H and O–H groups in total. The maximum atomic E-state index is 4.39. The summed E-state index contributed by atoms with van der Waals surface area (Å²) in [5.41, 5.74) is 3.68. The monoisotopic (exact) mass is 256 g/mol. The first-order valence-electron chi connectivity index (χ1n) is 6.96. The van der Waals surface area contributed by atoms with Crippen molar-refractivity contribution in [3.05, 3.63) is 48.2 Å². The first kappa shape index (κ1) is 15.2. The summed E-state index contributed by atoms with van der Waals surface area (Å²) in [4.78, 5) is 4.39. The predicted octanol–water partition coefficient (Wildman–Crippen LogP) is 4.90. The Morgan fingerprint density at radius 1 is 1.00 bits per heavy atom. The summed E-state index contributed by atoms with van der Waals surface area (Å²) in [6.45, 7) is 10.4. The highest BCUT2D eigenvalue weighted by molar-refractivity contribution is 5.71. The molecule has 1 aromatic carbocycles. The van der Waals surface area contributed by atoms with Crippen molar-refractivity contribution in [3.63, 3.8) is 0 Å². The van der Waals surface area contributed by atoms with Crippen LogP contribution >= 0.6 is 0 Å². The molecule has 0 fully saturated rings. The summed E-state index contributed by atoms with van der Waals surface area (Å²) in [6.07, 6.45) is 1.86. The molecular weight excluding hydrogens is 232 g/mol. The fraction of sp³-hybridized carbons (Fsp3) is 0.353. The molecule has 0 aliphatic carbocycles. The Labute approximate surface area is 116 Å². The van der Waals surface area contributed by atoms with Gasteiger partial charge >= 0.3 is 0 Å². The molecule has 0 aliphatic rings. The maximum Gasteiger partial charge on any atom is 0.129 e. The van der Waals surface area contributed by atoms with Crippen LogP contribution in [0, 0.1) is 6.92 Å². The van der Waals surface area contributed by atoms with E-state index in [1.165, 1.54) is 16.7 Å². The lowest BCUT2D eigenvalue weighted by Crippen LogP contribution is -2.12. The summed E-state index contributed by atoms with van der Waals surface area (Å²) >= 11 is 0. The van der Waals surface area contributed by atoms with Gasteiger partial charge in [0.05, 0.1) is 0 Å². The molecule has 102 valence electrons. The topological polar surface area (TPSA) is 24.9 Å². The number of nitrogens with one attached hydrogen (secondary N) is 1. The van der Waals surface area contributed by atoms with Crippen molar-refractivity contribution in [2.24, 2.45) is 0 Å². The molecule has 2 heteroatoms. The molecule has 0 radical (unpaired) electrons. The quantitative estimate of drug-likeness (QED) is 0.844. The van der Waals surface area contributed by atoms with Crippen molar-refractivity contribution in [3.8, 4) is 11.1 Å². The highest BCUT2D eigenvalue weighted by Gasteiger charge is 2.07. The van der Waals surface area contributed by atoms with E-state index in [0.717, 1.165) is 5.82 Å². The molecule has 0 bridgehead atoms. The van der Waals surface area contributed by atoms with Gasteiger partial charge in [-0.15, -0.1) is 0 Å². The zero-order chi connectivity index (χ0) is 14.3. The largest absolute Gasteiger partial charge is 0.368 e. The molecule has 0 aliphatic heterocycles. The number of anilines is 1. The first-order valence-corrected chi connectivity index (χ1v) is 6.96. The number of benzene rings is 1. The predicted molar refractivity (Wildman–Crippen MR) is 84.5 cm³/mol. The number of hydrogen-bond donors (Lipinski definition) is 1. The summed E-state index contributed by atoms with van der Waals surface area (Å²) in [7, 11) is 0. The van der Waals surface area contributed by atoms with Crippen LogP contribution in [0.4, 0.5) is 5.82 Å². The molecule has 0 atom stereocenters. The van der Waals surface area contributed by atoms with Crippen molar-refractivity contribution in [1.29, 1.82) is 0 Å². The van der Waals surface area contributed by atoms with Crippen LogP contribution in [0.25, 0.3) is 11.1 Å². The van der Waals surface area contributed by atoms with E-state index < -0.39 is 0 Å². The van der Waals surface area contributed by atoms with E-state index in [-0.39, 0.29) is 0 Å². The molecule has 1 aromatic heterocycles. The zero-order valence-electron chi connectivity index (χ0n) is 12.6. The Hall–Kier alpha value is -1.83. The van der Waals surface area contributed by atoms with Crippen molar-refractivity contribution in [2.45, 2.75) is 40.7 Å². The van der Waals surface area contributed by atoms with E-state index >= 15 is 0 Å². The van der Waals surface area contributed by atoms with Crippen LogP contribution in [0.2, 0.25) is 0 Å². The number of nitrogens with zero attached hydrogens (tertiary/aromatic N) is 1. The smallest absolute Gasteiger partial charge is 0.129 e. The third kappa shape index (κ3) is 4.09. The van der Waals surface area contributed by atoms with E-state index in [1.54, 1.807) is 0 Å². The van der Waals surface area contributed by atoms with E-state index in [9.17, 15) is 0 Å². The Morgan fingerprint density at radius 3 is 2.21 bits per heavy atom. The minimum atomic E-state index is 0.396. The molecule has 2 rings (SSSR count). The lowest BCUT2D eigenvalue weighted by molar-refractivity contribution is 0.886. The van der Waals surface area contributed by atoms with Crippen molar-refractivity contribution in [2.75, 3.05) is 5.32 Å². The minimum Gasteiger partial charge on any atom is -0.368 e. The lowest BCUT2D eigenvalue weighted by atomic mass is 10.0. The molecule has 1 heterocycles. The maximum absolute atomic E-state index is 4.39. The van der Waals surface area contributed by atoms with E-state index in [0.29, 0.717) is 6.04 Å². The molecule has 19 heavy (non-hydrogen) atoms. The number of hydrogen-bond acceptors (Lipinski definition) is 2. The van der Waals surface area contributed by atoms with Gasteiger partial charge in [0.1, 0.15) is 5.82 Å². The van der Waals surface area contributed by atoms with E-state index in [2.05, 4.69) is 61.4 Å². The van der Waals surface area contributed by atoms with Crippen LogP contribution in [0.15, 0.2) is 42.6 Å². The molecule has 0 amide bonds. The van der Waals surface area contributed by atoms with Crippen LogP contribution in [-0.2, 0) is 0 Å². The molecule has 0 unspecified atom stereocenters. The minimum absolute atomic E-state index is 0.396. The summed E-state index contributed by atoms with van der Waals surface area (Å²) in [6, 6.07) is 12.9. The second kappa shape index (κ2) is 7.57. The lowest BCUT2D eigenvalue weighted by Gasteiger charge is -2.14. The molecule has 0 saturated carbocycles. The average molecular weight is 256 g/mol.